The lowest BCUT2D eigenvalue weighted by atomic mass is 10.2. The summed E-state index contributed by atoms with van der Waals surface area (Å²) in [6.07, 6.45) is 0.309. The average molecular weight is 384 g/mol. The van der Waals surface area contributed by atoms with Crippen molar-refractivity contribution in [3.63, 3.8) is 0 Å². The van der Waals surface area contributed by atoms with E-state index < -0.39 is 16.0 Å². The average Bonchev–Trinajstić information content (AvgIpc) is 2.59. The molecule has 0 aliphatic rings. The summed E-state index contributed by atoms with van der Waals surface area (Å²) in [5, 5.41) is 8.61. The maximum absolute atomic E-state index is 12.5. The number of rotatable bonds is 10. The first kappa shape index (κ1) is 21.8. The zero-order valence-corrected chi connectivity index (χ0v) is 16.0. The molecule has 144 valence electrons. The Bertz CT molecular complexity index is 758. The fourth-order valence-corrected chi connectivity index (χ4v) is 3.40. The Hall–Kier alpha value is -2.26. The third-order valence-corrected chi connectivity index (χ3v) is 5.79. The van der Waals surface area contributed by atoms with Crippen LogP contribution in [0.25, 0.3) is 0 Å². The molecule has 9 heteroatoms. The van der Waals surface area contributed by atoms with Gasteiger partial charge < -0.3 is 10.0 Å². The number of ketones is 1. The molecule has 0 spiro atoms. The molecule has 0 unspecified atom stereocenters. The van der Waals surface area contributed by atoms with E-state index in [4.69, 9.17) is 5.11 Å². The molecule has 0 bridgehead atoms. The van der Waals surface area contributed by atoms with Gasteiger partial charge in [0, 0.05) is 39.2 Å². The molecular weight excluding hydrogens is 360 g/mol. The molecule has 1 aromatic carbocycles. The van der Waals surface area contributed by atoms with Crippen molar-refractivity contribution in [1.82, 2.24) is 9.21 Å². The van der Waals surface area contributed by atoms with E-state index in [0.717, 1.165) is 4.31 Å². The Labute approximate surface area is 153 Å². The molecule has 0 aliphatic heterocycles. The van der Waals surface area contributed by atoms with Crippen LogP contribution in [0.5, 0.6) is 0 Å². The molecule has 1 aromatic rings. The lowest BCUT2D eigenvalue weighted by Crippen LogP contribution is -2.31. The summed E-state index contributed by atoms with van der Waals surface area (Å²) in [5.74, 6) is -1.36. The second-order valence-corrected chi connectivity index (χ2v) is 8.01. The number of carbonyl (C=O) groups excluding carboxylic acids is 2. The van der Waals surface area contributed by atoms with Crippen molar-refractivity contribution in [3.8, 4) is 0 Å². The molecule has 0 radical (unpaired) electrons. The zero-order chi connectivity index (χ0) is 19.9. The number of hydrogen-bond donors (Lipinski definition) is 1. The van der Waals surface area contributed by atoms with Gasteiger partial charge in [0.1, 0.15) is 0 Å². The van der Waals surface area contributed by atoms with Crippen LogP contribution in [0.3, 0.4) is 0 Å². The SMILES string of the molecule is CC(=O)c1ccc(S(=O)(=O)N(C)CCCC(=O)N(C)CCC(=O)O)cc1. The number of aliphatic carboxylic acids is 1. The van der Waals surface area contributed by atoms with Gasteiger partial charge in [0.2, 0.25) is 15.9 Å². The predicted octanol–water partition coefficient (Wildman–Crippen LogP) is 1.22. The largest absolute Gasteiger partial charge is 0.481 e. The molecule has 1 amide bonds. The smallest absolute Gasteiger partial charge is 0.305 e. The molecule has 26 heavy (non-hydrogen) atoms. The topological polar surface area (TPSA) is 112 Å². The van der Waals surface area contributed by atoms with E-state index in [-0.39, 0.29) is 42.5 Å². The number of benzene rings is 1. The lowest BCUT2D eigenvalue weighted by molar-refractivity contribution is -0.138. The Kier molecular flexibility index (Phi) is 7.91. The Morgan fingerprint density at radius 3 is 2.08 bits per heavy atom. The van der Waals surface area contributed by atoms with Gasteiger partial charge in [0.15, 0.2) is 5.78 Å². The number of nitrogens with zero attached hydrogens (tertiary/aromatic N) is 2. The van der Waals surface area contributed by atoms with Crippen LogP contribution < -0.4 is 0 Å². The Morgan fingerprint density at radius 1 is 1.00 bits per heavy atom. The van der Waals surface area contributed by atoms with Gasteiger partial charge in [-0.3, -0.25) is 14.4 Å². The lowest BCUT2D eigenvalue weighted by Gasteiger charge is -2.19. The molecular formula is C17H24N2O6S. The van der Waals surface area contributed by atoms with Crippen molar-refractivity contribution in [2.75, 3.05) is 27.2 Å². The molecule has 0 saturated carbocycles. The minimum absolute atomic E-state index is 0.0786. The Balaban J connectivity index is 2.58. The highest BCUT2D eigenvalue weighted by Crippen LogP contribution is 2.16. The Morgan fingerprint density at radius 2 is 1.58 bits per heavy atom. The van der Waals surface area contributed by atoms with Crippen molar-refractivity contribution in [2.24, 2.45) is 0 Å². The predicted molar refractivity (Wildman–Crippen MR) is 95.4 cm³/mol. The first-order valence-corrected chi connectivity index (χ1v) is 9.53. The first-order valence-electron chi connectivity index (χ1n) is 8.08. The van der Waals surface area contributed by atoms with Crippen LogP contribution in [0.4, 0.5) is 0 Å². The maximum atomic E-state index is 12.5. The number of hydrogen-bond acceptors (Lipinski definition) is 5. The van der Waals surface area contributed by atoms with Crippen LogP contribution in [-0.4, -0.2) is 67.6 Å². The van der Waals surface area contributed by atoms with E-state index in [2.05, 4.69) is 0 Å². The quantitative estimate of drug-likeness (QED) is 0.607. The van der Waals surface area contributed by atoms with Gasteiger partial charge in [-0.15, -0.1) is 0 Å². The van der Waals surface area contributed by atoms with Gasteiger partial charge in [-0.05, 0) is 25.5 Å². The van der Waals surface area contributed by atoms with Crippen molar-refractivity contribution >= 4 is 27.7 Å². The number of amides is 1. The van der Waals surface area contributed by atoms with Gasteiger partial charge >= 0.3 is 5.97 Å². The van der Waals surface area contributed by atoms with Crippen LogP contribution in [0.1, 0.15) is 36.5 Å². The number of carbonyl (C=O) groups is 3. The highest BCUT2D eigenvalue weighted by Gasteiger charge is 2.21. The van der Waals surface area contributed by atoms with Crippen LogP contribution in [0.2, 0.25) is 0 Å². The van der Waals surface area contributed by atoms with E-state index >= 15 is 0 Å². The molecule has 0 aromatic heterocycles. The molecule has 0 atom stereocenters. The van der Waals surface area contributed by atoms with Crippen LogP contribution in [-0.2, 0) is 19.6 Å². The zero-order valence-electron chi connectivity index (χ0n) is 15.1. The summed E-state index contributed by atoms with van der Waals surface area (Å²) in [6, 6.07) is 5.69. The number of Topliss-reactive ketones (excluding diaryl/α,β-unsaturated/α-hetero) is 1. The fourth-order valence-electron chi connectivity index (χ4n) is 2.19. The molecule has 0 heterocycles. The number of carboxylic acids is 1. The monoisotopic (exact) mass is 384 g/mol. The molecule has 8 nitrogen and oxygen atoms in total. The number of carboxylic acid groups (broad SMARTS) is 1. The summed E-state index contributed by atoms with van der Waals surface area (Å²) in [4.78, 5) is 35.1. The number of sulfonamides is 1. The van der Waals surface area contributed by atoms with Gasteiger partial charge in [-0.25, -0.2) is 12.7 Å². The van der Waals surface area contributed by atoms with E-state index in [9.17, 15) is 22.8 Å². The summed E-state index contributed by atoms with van der Waals surface area (Å²) in [6.45, 7) is 1.67. The maximum Gasteiger partial charge on any atom is 0.305 e. The fraction of sp³-hybridized carbons (Fsp3) is 0.471. The van der Waals surface area contributed by atoms with E-state index in [1.165, 1.54) is 50.2 Å². The molecule has 0 fully saturated rings. The molecule has 0 saturated heterocycles. The standard InChI is InChI=1S/C17H24N2O6S/c1-13(20)14-6-8-15(9-7-14)26(24,25)19(3)11-4-5-16(21)18(2)12-10-17(22)23/h6-9H,4-5,10-12H2,1-3H3,(H,22,23). The van der Waals surface area contributed by atoms with Crippen LogP contribution in [0.15, 0.2) is 29.2 Å². The summed E-state index contributed by atoms with van der Waals surface area (Å²) in [7, 11) is -0.762. The normalized spacial score (nSPS) is 11.4. The highest BCUT2D eigenvalue weighted by molar-refractivity contribution is 7.89. The van der Waals surface area contributed by atoms with Gasteiger partial charge in [0.05, 0.1) is 11.3 Å². The van der Waals surface area contributed by atoms with Gasteiger partial charge in [-0.1, -0.05) is 12.1 Å². The van der Waals surface area contributed by atoms with E-state index in [0.29, 0.717) is 12.0 Å². The summed E-state index contributed by atoms with van der Waals surface area (Å²) in [5.41, 5.74) is 0.432. The molecule has 1 N–H and O–H groups in total. The summed E-state index contributed by atoms with van der Waals surface area (Å²) >= 11 is 0. The van der Waals surface area contributed by atoms with Gasteiger partial charge in [0.25, 0.3) is 0 Å². The minimum atomic E-state index is -3.70. The third kappa shape index (κ3) is 6.23. The van der Waals surface area contributed by atoms with Crippen LogP contribution >= 0.6 is 0 Å². The highest BCUT2D eigenvalue weighted by atomic mass is 32.2. The van der Waals surface area contributed by atoms with Crippen molar-refractivity contribution < 1.29 is 27.9 Å². The van der Waals surface area contributed by atoms with Crippen molar-refractivity contribution in [3.05, 3.63) is 29.8 Å². The minimum Gasteiger partial charge on any atom is -0.481 e. The van der Waals surface area contributed by atoms with E-state index in [1.807, 2.05) is 0 Å². The third-order valence-electron chi connectivity index (χ3n) is 3.92. The second-order valence-electron chi connectivity index (χ2n) is 5.97. The van der Waals surface area contributed by atoms with Crippen molar-refractivity contribution in [1.29, 1.82) is 0 Å². The van der Waals surface area contributed by atoms with Crippen molar-refractivity contribution in [2.45, 2.75) is 31.1 Å². The molecule has 0 aliphatic carbocycles. The van der Waals surface area contributed by atoms with Crippen LogP contribution in [0, 0.1) is 0 Å². The first-order chi connectivity index (χ1) is 12.1. The second kappa shape index (κ2) is 9.44. The summed E-state index contributed by atoms with van der Waals surface area (Å²) < 4.78 is 26.1. The van der Waals surface area contributed by atoms with E-state index in [1.54, 1.807) is 0 Å². The molecule has 1 rings (SSSR count). The van der Waals surface area contributed by atoms with Gasteiger partial charge in [-0.2, -0.15) is 0 Å².